The van der Waals surface area contributed by atoms with Crippen molar-refractivity contribution in [2.45, 2.75) is 38.5 Å². The summed E-state index contributed by atoms with van der Waals surface area (Å²) in [4.78, 5) is 18.7. The van der Waals surface area contributed by atoms with E-state index in [0.717, 1.165) is 18.4 Å². The summed E-state index contributed by atoms with van der Waals surface area (Å²) in [6, 6.07) is 11.6. The number of hydrogen-bond acceptors (Lipinski definition) is 4. The van der Waals surface area contributed by atoms with Gasteiger partial charge in [0.25, 0.3) is 5.91 Å². The van der Waals surface area contributed by atoms with Crippen LogP contribution >= 0.6 is 0 Å². The first-order valence-electron chi connectivity index (χ1n) is 8.32. The second kappa shape index (κ2) is 7.45. The Labute approximate surface area is 142 Å². The summed E-state index contributed by atoms with van der Waals surface area (Å²) < 4.78 is 5.78. The summed E-state index contributed by atoms with van der Waals surface area (Å²) in [6.45, 7) is 3.20. The fraction of sp³-hybridized carbons (Fsp3) is 0.368. The van der Waals surface area contributed by atoms with Gasteiger partial charge in [0, 0.05) is 42.1 Å². The molecule has 24 heavy (non-hydrogen) atoms. The molecule has 1 aromatic heterocycles. The molecule has 126 valence electrons. The lowest BCUT2D eigenvalue weighted by Crippen LogP contribution is -2.48. The van der Waals surface area contributed by atoms with Crippen LogP contribution in [0.1, 0.15) is 35.7 Å². The van der Waals surface area contributed by atoms with E-state index in [4.69, 9.17) is 10.5 Å². The molecular formula is C19H23N3O2. The minimum Gasteiger partial charge on any atom is -0.489 e. The van der Waals surface area contributed by atoms with Crippen LogP contribution in [-0.4, -0.2) is 34.4 Å². The molecule has 0 unspecified atom stereocenters. The SMILES string of the molecule is C[C@H]1C[C@H](N)CCN1C(=O)c1cccc(OCc2cccnc2)c1. The second-order valence-corrected chi connectivity index (χ2v) is 6.31. The zero-order chi connectivity index (χ0) is 16.9. The van der Waals surface area contributed by atoms with Gasteiger partial charge in [0.15, 0.2) is 0 Å². The third-order valence-corrected chi connectivity index (χ3v) is 4.39. The van der Waals surface area contributed by atoms with Crippen molar-refractivity contribution < 1.29 is 9.53 Å². The van der Waals surface area contributed by atoms with Gasteiger partial charge in [-0.2, -0.15) is 0 Å². The van der Waals surface area contributed by atoms with Crippen LogP contribution < -0.4 is 10.5 Å². The van der Waals surface area contributed by atoms with Gasteiger partial charge in [-0.15, -0.1) is 0 Å². The fourth-order valence-corrected chi connectivity index (χ4v) is 3.05. The summed E-state index contributed by atoms with van der Waals surface area (Å²) in [5, 5.41) is 0. The Hall–Kier alpha value is -2.40. The van der Waals surface area contributed by atoms with Crippen molar-refractivity contribution in [2.75, 3.05) is 6.54 Å². The van der Waals surface area contributed by atoms with Crippen molar-refractivity contribution >= 4 is 5.91 Å². The second-order valence-electron chi connectivity index (χ2n) is 6.31. The molecule has 5 nitrogen and oxygen atoms in total. The Morgan fingerprint density at radius 2 is 2.25 bits per heavy atom. The molecule has 1 aliphatic rings. The van der Waals surface area contributed by atoms with Gasteiger partial charge in [0.2, 0.25) is 0 Å². The summed E-state index contributed by atoms with van der Waals surface area (Å²) in [7, 11) is 0. The van der Waals surface area contributed by atoms with E-state index in [9.17, 15) is 4.79 Å². The van der Waals surface area contributed by atoms with Gasteiger partial charge in [-0.05, 0) is 44.0 Å². The molecule has 5 heteroatoms. The molecule has 2 aromatic rings. The van der Waals surface area contributed by atoms with E-state index < -0.39 is 0 Å². The normalized spacial score (nSPS) is 20.7. The number of hydrogen-bond donors (Lipinski definition) is 1. The van der Waals surface area contributed by atoms with Crippen molar-refractivity contribution in [3.63, 3.8) is 0 Å². The molecule has 3 rings (SSSR count). The van der Waals surface area contributed by atoms with Gasteiger partial charge in [0.05, 0.1) is 0 Å². The van der Waals surface area contributed by atoms with Crippen LogP contribution in [0.2, 0.25) is 0 Å². The number of aromatic nitrogens is 1. The van der Waals surface area contributed by atoms with Gasteiger partial charge < -0.3 is 15.4 Å². The molecule has 1 saturated heterocycles. The molecule has 2 N–H and O–H groups in total. The minimum absolute atomic E-state index is 0.0428. The van der Waals surface area contributed by atoms with Gasteiger partial charge in [0.1, 0.15) is 12.4 Å². The van der Waals surface area contributed by atoms with Crippen molar-refractivity contribution in [2.24, 2.45) is 5.73 Å². The molecule has 0 aliphatic carbocycles. The zero-order valence-electron chi connectivity index (χ0n) is 13.9. The number of benzene rings is 1. The number of pyridine rings is 1. The minimum atomic E-state index is 0.0428. The van der Waals surface area contributed by atoms with Crippen LogP contribution in [0, 0.1) is 0 Å². The third-order valence-electron chi connectivity index (χ3n) is 4.39. The summed E-state index contributed by atoms with van der Waals surface area (Å²) in [5.41, 5.74) is 7.63. The van der Waals surface area contributed by atoms with Crippen LogP contribution in [0.5, 0.6) is 5.75 Å². The molecule has 0 saturated carbocycles. The van der Waals surface area contributed by atoms with Crippen molar-refractivity contribution in [1.29, 1.82) is 0 Å². The smallest absolute Gasteiger partial charge is 0.254 e. The highest BCUT2D eigenvalue weighted by Gasteiger charge is 2.27. The first-order valence-corrected chi connectivity index (χ1v) is 8.32. The standard InChI is InChI=1S/C19H23N3O2/c1-14-10-17(20)7-9-22(14)19(23)16-5-2-6-18(11-16)24-13-15-4-3-8-21-12-15/h2-6,8,11-12,14,17H,7,9-10,13,20H2,1H3/t14-,17+/m0/s1. The van der Waals surface area contributed by atoms with Crippen LogP contribution in [0.15, 0.2) is 48.8 Å². The molecule has 1 fully saturated rings. The quantitative estimate of drug-likeness (QED) is 0.938. The highest BCUT2D eigenvalue weighted by atomic mass is 16.5. The molecule has 1 aliphatic heterocycles. The van der Waals surface area contributed by atoms with E-state index in [1.807, 2.05) is 35.2 Å². The van der Waals surface area contributed by atoms with Crippen LogP contribution in [0.3, 0.4) is 0 Å². The third kappa shape index (κ3) is 3.92. The van der Waals surface area contributed by atoms with E-state index in [0.29, 0.717) is 24.5 Å². The molecule has 0 bridgehead atoms. The number of ether oxygens (including phenoxy) is 1. The van der Waals surface area contributed by atoms with E-state index in [2.05, 4.69) is 11.9 Å². The summed E-state index contributed by atoms with van der Waals surface area (Å²) >= 11 is 0. The first kappa shape index (κ1) is 16.5. The van der Waals surface area contributed by atoms with Crippen molar-refractivity contribution in [1.82, 2.24) is 9.88 Å². The number of nitrogens with two attached hydrogens (primary N) is 1. The van der Waals surface area contributed by atoms with Crippen molar-refractivity contribution in [3.05, 3.63) is 59.9 Å². The Balaban J connectivity index is 1.67. The lowest BCUT2D eigenvalue weighted by Gasteiger charge is -2.36. The maximum Gasteiger partial charge on any atom is 0.254 e. The predicted molar refractivity (Wildman–Crippen MR) is 92.7 cm³/mol. The lowest BCUT2D eigenvalue weighted by molar-refractivity contribution is 0.0618. The van der Waals surface area contributed by atoms with E-state index in [1.165, 1.54) is 0 Å². The fourth-order valence-electron chi connectivity index (χ4n) is 3.05. The van der Waals surface area contributed by atoms with Crippen molar-refractivity contribution in [3.8, 4) is 5.75 Å². The highest BCUT2D eigenvalue weighted by Crippen LogP contribution is 2.21. The van der Waals surface area contributed by atoms with Crippen LogP contribution in [0.4, 0.5) is 0 Å². The molecule has 2 heterocycles. The zero-order valence-corrected chi connectivity index (χ0v) is 13.9. The van der Waals surface area contributed by atoms with E-state index in [-0.39, 0.29) is 18.0 Å². The Bertz CT molecular complexity index is 690. The number of likely N-dealkylation sites (tertiary alicyclic amines) is 1. The Morgan fingerprint density at radius 3 is 3.00 bits per heavy atom. The van der Waals surface area contributed by atoms with Gasteiger partial charge in [-0.25, -0.2) is 0 Å². The lowest BCUT2D eigenvalue weighted by atomic mass is 9.98. The van der Waals surface area contributed by atoms with Gasteiger partial charge in [-0.3, -0.25) is 9.78 Å². The maximum absolute atomic E-state index is 12.8. The molecule has 0 radical (unpaired) electrons. The van der Waals surface area contributed by atoms with Crippen LogP contribution in [0.25, 0.3) is 0 Å². The molecule has 0 spiro atoms. The van der Waals surface area contributed by atoms with E-state index >= 15 is 0 Å². The number of nitrogens with zero attached hydrogens (tertiary/aromatic N) is 2. The molecule has 2 atom stereocenters. The summed E-state index contributed by atoms with van der Waals surface area (Å²) in [6.07, 6.45) is 5.21. The average molecular weight is 325 g/mol. The molecular weight excluding hydrogens is 302 g/mol. The number of rotatable bonds is 4. The monoisotopic (exact) mass is 325 g/mol. The summed E-state index contributed by atoms with van der Waals surface area (Å²) in [5.74, 6) is 0.729. The first-order chi connectivity index (χ1) is 11.6. The topological polar surface area (TPSA) is 68.5 Å². The van der Waals surface area contributed by atoms with Crippen LogP contribution in [-0.2, 0) is 6.61 Å². The number of carbonyl (C=O) groups is 1. The maximum atomic E-state index is 12.8. The predicted octanol–water partition coefficient (Wildman–Crippen LogP) is 2.61. The number of amides is 1. The average Bonchev–Trinajstić information content (AvgIpc) is 2.61. The van der Waals surface area contributed by atoms with E-state index in [1.54, 1.807) is 18.5 Å². The van der Waals surface area contributed by atoms with Gasteiger partial charge >= 0.3 is 0 Å². The Morgan fingerprint density at radius 1 is 1.38 bits per heavy atom. The highest BCUT2D eigenvalue weighted by molar-refractivity contribution is 5.94. The largest absolute Gasteiger partial charge is 0.489 e. The molecule has 1 aromatic carbocycles. The number of piperidine rings is 1. The number of carbonyl (C=O) groups excluding carboxylic acids is 1. The molecule has 1 amide bonds. The Kier molecular flexibility index (Phi) is 5.11. The van der Waals surface area contributed by atoms with Gasteiger partial charge in [-0.1, -0.05) is 12.1 Å².